The smallest absolute Gasteiger partial charge is 0.311 e. The lowest BCUT2D eigenvalue weighted by Gasteiger charge is -2.20. The standard InChI is InChI=1S/C16H24O5S/c1-4-16(2,3)15(17)21-12-6-5-7-13-8-10-14(11-9-13)22(18,19)20/h8-11H,4-7,12H2,1-3H3,(H,18,19,20)/p-1. The third-order valence-electron chi connectivity index (χ3n) is 3.74. The van der Waals surface area contributed by atoms with Gasteiger partial charge in [-0.1, -0.05) is 19.1 Å². The highest BCUT2D eigenvalue weighted by atomic mass is 32.2. The van der Waals surface area contributed by atoms with Crippen LogP contribution in [0.15, 0.2) is 29.2 Å². The first-order valence-electron chi connectivity index (χ1n) is 7.39. The first kappa shape index (κ1) is 18.6. The largest absolute Gasteiger partial charge is 0.744 e. The summed E-state index contributed by atoms with van der Waals surface area (Å²) < 4.78 is 37.7. The van der Waals surface area contributed by atoms with E-state index in [-0.39, 0.29) is 10.9 Å². The molecule has 0 aromatic heterocycles. The molecule has 124 valence electrons. The van der Waals surface area contributed by atoms with Crippen molar-refractivity contribution in [1.82, 2.24) is 0 Å². The molecule has 0 unspecified atom stereocenters. The minimum atomic E-state index is -4.38. The van der Waals surface area contributed by atoms with Crippen molar-refractivity contribution in [2.45, 2.75) is 51.3 Å². The van der Waals surface area contributed by atoms with Gasteiger partial charge in [-0.3, -0.25) is 4.79 Å². The second-order valence-corrected chi connectivity index (χ2v) is 7.31. The highest BCUT2D eigenvalue weighted by Crippen LogP contribution is 2.21. The summed E-state index contributed by atoms with van der Waals surface area (Å²) in [6.45, 7) is 6.06. The van der Waals surface area contributed by atoms with Gasteiger partial charge in [-0.2, -0.15) is 0 Å². The van der Waals surface area contributed by atoms with Gasteiger partial charge < -0.3 is 9.29 Å². The van der Waals surface area contributed by atoms with Crippen molar-refractivity contribution < 1.29 is 22.5 Å². The number of rotatable bonds is 8. The molecule has 6 heteroatoms. The fraction of sp³-hybridized carbons (Fsp3) is 0.562. The van der Waals surface area contributed by atoms with Crippen LogP contribution in [0.1, 0.15) is 45.6 Å². The number of benzene rings is 1. The van der Waals surface area contributed by atoms with Gasteiger partial charge in [0.2, 0.25) is 0 Å². The van der Waals surface area contributed by atoms with Crippen LogP contribution in [0.2, 0.25) is 0 Å². The van der Waals surface area contributed by atoms with Crippen LogP contribution in [0, 0.1) is 5.41 Å². The van der Waals surface area contributed by atoms with Crippen molar-refractivity contribution in [1.29, 1.82) is 0 Å². The van der Waals surface area contributed by atoms with Crippen LogP contribution in [0.4, 0.5) is 0 Å². The molecular weight excluding hydrogens is 304 g/mol. The van der Waals surface area contributed by atoms with Crippen LogP contribution in [0.5, 0.6) is 0 Å². The number of carbonyl (C=O) groups excluding carboxylic acids is 1. The van der Waals surface area contributed by atoms with Crippen molar-refractivity contribution in [3.8, 4) is 0 Å². The van der Waals surface area contributed by atoms with E-state index < -0.39 is 15.5 Å². The van der Waals surface area contributed by atoms with Gasteiger partial charge in [0, 0.05) is 0 Å². The van der Waals surface area contributed by atoms with Gasteiger partial charge >= 0.3 is 5.97 Å². The number of esters is 1. The van der Waals surface area contributed by atoms with E-state index in [1.807, 2.05) is 20.8 Å². The number of hydrogen-bond donors (Lipinski definition) is 0. The topological polar surface area (TPSA) is 83.5 Å². The Morgan fingerprint density at radius 3 is 2.27 bits per heavy atom. The molecule has 0 amide bonds. The van der Waals surface area contributed by atoms with Gasteiger partial charge in [-0.15, -0.1) is 0 Å². The van der Waals surface area contributed by atoms with E-state index in [1.54, 1.807) is 12.1 Å². The maximum Gasteiger partial charge on any atom is 0.311 e. The van der Waals surface area contributed by atoms with E-state index >= 15 is 0 Å². The maximum absolute atomic E-state index is 11.8. The van der Waals surface area contributed by atoms with Gasteiger partial charge in [0.25, 0.3) is 0 Å². The summed E-state index contributed by atoms with van der Waals surface area (Å²) in [4.78, 5) is 11.5. The molecule has 0 saturated heterocycles. The Bertz CT molecular complexity index is 587. The second-order valence-electron chi connectivity index (χ2n) is 5.93. The van der Waals surface area contributed by atoms with Crippen molar-refractivity contribution in [2.75, 3.05) is 6.61 Å². The van der Waals surface area contributed by atoms with Gasteiger partial charge in [0.05, 0.1) is 16.9 Å². The Morgan fingerprint density at radius 2 is 1.77 bits per heavy atom. The molecule has 1 rings (SSSR count). The van der Waals surface area contributed by atoms with Crippen LogP contribution in [0.25, 0.3) is 0 Å². The van der Waals surface area contributed by atoms with Gasteiger partial charge in [-0.05, 0) is 57.2 Å². The SMILES string of the molecule is CCC(C)(C)C(=O)OCCCCc1ccc(S(=O)(=O)[O-])cc1. The molecule has 0 aliphatic heterocycles. The van der Waals surface area contributed by atoms with Crippen molar-refractivity contribution in [3.63, 3.8) is 0 Å². The average molecular weight is 327 g/mol. The predicted octanol–water partition coefficient (Wildman–Crippen LogP) is 2.89. The fourth-order valence-corrected chi connectivity index (χ4v) is 2.23. The van der Waals surface area contributed by atoms with Crippen molar-refractivity contribution >= 4 is 16.1 Å². The van der Waals surface area contributed by atoms with Crippen LogP contribution >= 0.6 is 0 Å². The quantitative estimate of drug-likeness (QED) is 0.416. The number of hydrogen-bond acceptors (Lipinski definition) is 5. The van der Waals surface area contributed by atoms with Crippen LogP contribution in [-0.2, 0) is 26.1 Å². The van der Waals surface area contributed by atoms with E-state index in [4.69, 9.17) is 4.74 Å². The molecule has 1 aromatic rings. The molecule has 0 fully saturated rings. The molecule has 0 atom stereocenters. The monoisotopic (exact) mass is 327 g/mol. The first-order valence-corrected chi connectivity index (χ1v) is 8.79. The van der Waals surface area contributed by atoms with E-state index in [9.17, 15) is 17.8 Å². The Balaban J connectivity index is 2.32. The third-order valence-corrected chi connectivity index (χ3v) is 4.59. The molecule has 1 aromatic carbocycles. The van der Waals surface area contributed by atoms with Crippen molar-refractivity contribution in [3.05, 3.63) is 29.8 Å². The summed E-state index contributed by atoms with van der Waals surface area (Å²) in [6, 6.07) is 5.91. The summed E-state index contributed by atoms with van der Waals surface area (Å²) >= 11 is 0. The van der Waals surface area contributed by atoms with E-state index in [0.29, 0.717) is 6.61 Å². The summed E-state index contributed by atoms with van der Waals surface area (Å²) in [6.07, 6.45) is 3.05. The van der Waals surface area contributed by atoms with E-state index in [2.05, 4.69) is 0 Å². The average Bonchev–Trinajstić information content (AvgIpc) is 2.46. The zero-order valence-electron chi connectivity index (χ0n) is 13.3. The van der Waals surface area contributed by atoms with E-state index in [0.717, 1.165) is 31.2 Å². The van der Waals surface area contributed by atoms with E-state index in [1.165, 1.54) is 12.1 Å². The molecule has 0 spiro atoms. The van der Waals surface area contributed by atoms with Crippen LogP contribution in [-0.4, -0.2) is 25.5 Å². The van der Waals surface area contributed by atoms with Gasteiger partial charge in [0.1, 0.15) is 10.1 Å². The van der Waals surface area contributed by atoms with Crippen LogP contribution in [0.3, 0.4) is 0 Å². The molecule has 0 aliphatic carbocycles. The molecule has 0 N–H and O–H groups in total. The lowest BCUT2D eigenvalue weighted by atomic mass is 9.91. The molecule has 0 heterocycles. The number of aryl methyl sites for hydroxylation is 1. The Kier molecular flexibility index (Phi) is 6.56. The molecule has 0 aliphatic rings. The van der Waals surface area contributed by atoms with Crippen molar-refractivity contribution in [2.24, 2.45) is 5.41 Å². The molecule has 22 heavy (non-hydrogen) atoms. The lowest BCUT2D eigenvalue weighted by Crippen LogP contribution is -2.26. The third kappa shape index (κ3) is 5.77. The second kappa shape index (κ2) is 7.74. The molecule has 0 bridgehead atoms. The van der Waals surface area contributed by atoms with Gasteiger partial charge in [0.15, 0.2) is 0 Å². The number of ether oxygens (including phenoxy) is 1. The number of carbonyl (C=O) groups is 1. The lowest BCUT2D eigenvalue weighted by molar-refractivity contribution is -0.154. The zero-order valence-corrected chi connectivity index (χ0v) is 14.1. The summed E-state index contributed by atoms with van der Waals surface area (Å²) in [5.41, 5.74) is 0.507. The fourth-order valence-electron chi connectivity index (χ4n) is 1.76. The predicted molar refractivity (Wildman–Crippen MR) is 82.4 cm³/mol. The highest BCUT2D eigenvalue weighted by Gasteiger charge is 2.26. The Morgan fingerprint density at radius 1 is 1.18 bits per heavy atom. The molecule has 0 saturated carbocycles. The Labute approximate surface area is 132 Å². The minimum Gasteiger partial charge on any atom is -0.744 e. The highest BCUT2D eigenvalue weighted by molar-refractivity contribution is 7.85. The summed E-state index contributed by atoms with van der Waals surface area (Å²) in [7, 11) is -4.38. The number of unbranched alkanes of at least 4 members (excludes halogenated alkanes) is 1. The first-order chi connectivity index (χ1) is 10.2. The summed E-state index contributed by atoms with van der Waals surface area (Å²) in [5.74, 6) is -0.181. The van der Waals surface area contributed by atoms with Gasteiger partial charge in [-0.25, -0.2) is 8.42 Å². The zero-order chi connectivity index (χ0) is 16.8. The molecular formula is C16H23O5S-. The van der Waals surface area contributed by atoms with Crippen LogP contribution < -0.4 is 0 Å². The molecule has 5 nitrogen and oxygen atoms in total. The normalized spacial score (nSPS) is 12.2. The Hall–Kier alpha value is -1.40. The maximum atomic E-state index is 11.8. The molecule has 0 radical (unpaired) electrons. The summed E-state index contributed by atoms with van der Waals surface area (Å²) in [5, 5.41) is 0. The minimum absolute atomic E-state index is 0.181.